The van der Waals surface area contributed by atoms with Crippen LogP contribution in [0.5, 0.6) is 0 Å². The van der Waals surface area contributed by atoms with Crippen LogP contribution in [0, 0.1) is 13.8 Å². The minimum atomic E-state index is -0.327. The summed E-state index contributed by atoms with van der Waals surface area (Å²) in [5.41, 5.74) is 2.63. The number of hydrogen-bond acceptors (Lipinski definition) is 5. The summed E-state index contributed by atoms with van der Waals surface area (Å²) in [5, 5.41) is 4.14. The van der Waals surface area contributed by atoms with E-state index in [-0.39, 0.29) is 12.1 Å². The molecule has 0 radical (unpaired) electrons. The molecule has 6 heteroatoms. The van der Waals surface area contributed by atoms with Crippen molar-refractivity contribution in [3.05, 3.63) is 52.3 Å². The van der Waals surface area contributed by atoms with Crippen LogP contribution in [-0.4, -0.2) is 20.6 Å². The number of esters is 1. The molecule has 0 amide bonds. The summed E-state index contributed by atoms with van der Waals surface area (Å²) in [4.78, 5) is 18.1. The molecule has 0 fully saturated rings. The number of benzene rings is 1. The highest BCUT2D eigenvalue weighted by atomic mass is 32.1. The van der Waals surface area contributed by atoms with E-state index in [1.165, 1.54) is 17.7 Å². The molecule has 2 aromatic heterocycles. The third-order valence-electron chi connectivity index (χ3n) is 3.33. The van der Waals surface area contributed by atoms with Gasteiger partial charge in [-0.1, -0.05) is 29.0 Å². The summed E-state index contributed by atoms with van der Waals surface area (Å²) in [6, 6.07) is 7.35. The first-order valence-corrected chi connectivity index (χ1v) is 7.44. The van der Waals surface area contributed by atoms with E-state index in [9.17, 15) is 4.79 Å². The topological polar surface area (TPSA) is 56.5 Å². The second kappa shape index (κ2) is 5.29. The molecular formula is C15H15N3O2S. The minimum Gasteiger partial charge on any atom is -0.453 e. The molecule has 0 saturated heterocycles. The molecule has 5 nitrogen and oxygen atoms in total. The fourth-order valence-corrected chi connectivity index (χ4v) is 3.17. The van der Waals surface area contributed by atoms with Gasteiger partial charge in [-0.05, 0) is 32.9 Å². The summed E-state index contributed by atoms with van der Waals surface area (Å²) >= 11 is 1.49. The fraction of sp³-hybridized carbons (Fsp3) is 0.267. The zero-order valence-electron chi connectivity index (χ0n) is 12.0. The number of ether oxygens (including phenoxy) is 1. The maximum atomic E-state index is 12.1. The first-order chi connectivity index (χ1) is 10.1. The maximum Gasteiger partial charge on any atom is 0.338 e. The second-order valence-corrected chi connectivity index (χ2v) is 5.93. The molecule has 3 rings (SSSR count). The van der Waals surface area contributed by atoms with Crippen LogP contribution in [-0.2, 0) is 4.74 Å². The molecule has 0 aliphatic heterocycles. The monoisotopic (exact) mass is 301 g/mol. The van der Waals surface area contributed by atoms with Gasteiger partial charge in [0.05, 0.1) is 16.1 Å². The van der Waals surface area contributed by atoms with Gasteiger partial charge in [0.15, 0.2) is 0 Å². The van der Waals surface area contributed by atoms with E-state index >= 15 is 0 Å². The average molecular weight is 301 g/mol. The van der Waals surface area contributed by atoms with Gasteiger partial charge in [-0.15, -0.1) is 0 Å². The van der Waals surface area contributed by atoms with Gasteiger partial charge >= 0.3 is 5.97 Å². The molecule has 0 spiro atoms. The Labute approximate surface area is 126 Å². The Morgan fingerprint density at radius 1 is 1.29 bits per heavy atom. The lowest BCUT2D eigenvalue weighted by Gasteiger charge is -2.12. The average Bonchev–Trinajstić information content (AvgIpc) is 3.03. The van der Waals surface area contributed by atoms with Crippen LogP contribution in [0.15, 0.2) is 30.6 Å². The van der Waals surface area contributed by atoms with Crippen LogP contribution in [0.4, 0.5) is 0 Å². The Morgan fingerprint density at radius 2 is 2.00 bits per heavy atom. The summed E-state index contributed by atoms with van der Waals surface area (Å²) in [6.45, 7) is 5.80. The van der Waals surface area contributed by atoms with Crippen LogP contribution >= 0.6 is 11.3 Å². The summed E-state index contributed by atoms with van der Waals surface area (Å²) in [5.74, 6) is -0.319. The number of aromatic nitrogens is 3. The zero-order chi connectivity index (χ0) is 15.0. The van der Waals surface area contributed by atoms with Gasteiger partial charge in [-0.25, -0.2) is 14.3 Å². The first kappa shape index (κ1) is 13.8. The molecular weight excluding hydrogens is 286 g/mol. The lowest BCUT2D eigenvalue weighted by Crippen LogP contribution is -2.09. The third kappa shape index (κ3) is 2.54. The van der Waals surface area contributed by atoms with Crippen molar-refractivity contribution in [2.75, 3.05) is 0 Å². The van der Waals surface area contributed by atoms with Gasteiger partial charge in [0.1, 0.15) is 12.4 Å². The zero-order valence-corrected chi connectivity index (χ0v) is 12.8. The van der Waals surface area contributed by atoms with Crippen LogP contribution in [0.25, 0.3) is 4.96 Å². The van der Waals surface area contributed by atoms with Gasteiger partial charge in [0.25, 0.3) is 0 Å². The third-order valence-corrected chi connectivity index (χ3v) is 4.64. The molecule has 2 heterocycles. The van der Waals surface area contributed by atoms with Crippen molar-refractivity contribution in [2.24, 2.45) is 0 Å². The normalized spacial score (nSPS) is 12.5. The SMILES string of the molecule is Cc1ccc(C(=O)O[C@H](C)c2sc3ncnn3c2C)cc1. The highest BCUT2D eigenvalue weighted by Crippen LogP contribution is 2.29. The molecule has 0 unspecified atom stereocenters. The predicted molar refractivity (Wildman–Crippen MR) is 80.6 cm³/mol. The number of rotatable bonds is 3. The van der Waals surface area contributed by atoms with E-state index in [1.54, 1.807) is 16.6 Å². The van der Waals surface area contributed by atoms with Crippen LogP contribution in [0.3, 0.4) is 0 Å². The molecule has 0 bridgehead atoms. The van der Waals surface area contributed by atoms with E-state index < -0.39 is 0 Å². The van der Waals surface area contributed by atoms with Crippen molar-refractivity contribution in [1.29, 1.82) is 0 Å². The van der Waals surface area contributed by atoms with E-state index in [1.807, 2.05) is 32.9 Å². The fourth-order valence-electron chi connectivity index (χ4n) is 2.16. The summed E-state index contributed by atoms with van der Waals surface area (Å²) in [6.07, 6.45) is 1.19. The van der Waals surface area contributed by atoms with Gasteiger partial charge in [-0.3, -0.25) is 0 Å². The van der Waals surface area contributed by atoms with Gasteiger partial charge in [0.2, 0.25) is 4.96 Å². The van der Waals surface area contributed by atoms with Crippen molar-refractivity contribution < 1.29 is 9.53 Å². The number of thiazole rings is 1. The predicted octanol–water partition coefficient (Wildman–Crippen LogP) is 3.33. The second-order valence-electron chi connectivity index (χ2n) is 4.92. The Bertz CT molecular complexity index is 789. The van der Waals surface area contributed by atoms with Crippen LogP contribution in [0.2, 0.25) is 0 Å². The molecule has 0 N–H and O–H groups in total. The summed E-state index contributed by atoms with van der Waals surface area (Å²) < 4.78 is 7.30. The van der Waals surface area contributed by atoms with E-state index in [4.69, 9.17) is 4.74 Å². The Hall–Kier alpha value is -2.21. The highest BCUT2D eigenvalue weighted by molar-refractivity contribution is 7.17. The van der Waals surface area contributed by atoms with Crippen LogP contribution < -0.4 is 0 Å². The quantitative estimate of drug-likeness (QED) is 0.696. The van der Waals surface area contributed by atoms with Crippen LogP contribution in [0.1, 0.15) is 39.5 Å². The molecule has 3 aromatic rings. The number of hydrogen-bond donors (Lipinski definition) is 0. The molecule has 0 saturated carbocycles. The molecule has 0 aliphatic rings. The minimum absolute atomic E-state index is 0.319. The lowest BCUT2D eigenvalue weighted by molar-refractivity contribution is 0.0343. The van der Waals surface area contributed by atoms with Gasteiger partial charge in [-0.2, -0.15) is 5.10 Å². The molecule has 108 valence electrons. The van der Waals surface area contributed by atoms with E-state index in [0.717, 1.165) is 21.1 Å². The number of aryl methyl sites for hydroxylation is 2. The largest absolute Gasteiger partial charge is 0.453 e. The first-order valence-electron chi connectivity index (χ1n) is 6.63. The van der Waals surface area contributed by atoms with Crippen molar-refractivity contribution >= 4 is 22.3 Å². The molecule has 0 aliphatic carbocycles. The lowest BCUT2D eigenvalue weighted by atomic mass is 10.1. The standard InChI is InChI=1S/C15H15N3O2S/c1-9-4-6-12(7-5-9)14(19)20-11(3)13-10(2)18-15(21-13)16-8-17-18/h4-8,11H,1-3H3/t11-/m1/s1. The van der Waals surface area contributed by atoms with Crippen molar-refractivity contribution in [2.45, 2.75) is 26.9 Å². The highest BCUT2D eigenvalue weighted by Gasteiger charge is 2.20. The maximum absolute atomic E-state index is 12.1. The van der Waals surface area contributed by atoms with Gasteiger partial charge < -0.3 is 4.74 Å². The van der Waals surface area contributed by atoms with E-state index in [2.05, 4.69) is 10.1 Å². The van der Waals surface area contributed by atoms with Crippen molar-refractivity contribution in [3.8, 4) is 0 Å². The Kier molecular flexibility index (Phi) is 3.47. The molecule has 1 aromatic carbocycles. The Morgan fingerprint density at radius 3 is 2.67 bits per heavy atom. The van der Waals surface area contributed by atoms with Gasteiger partial charge in [0, 0.05) is 0 Å². The molecule has 21 heavy (non-hydrogen) atoms. The van der Waals surface area contributed by atoms with Crippen molar-refractivity contribution in [1.82, 2.24) is 14.6 Å². The van der Waals surface area contributed by atoms with Crippen molar-refractivity contribution in [3.63, 3.8) is 0 Å². The number of carbonyl (C=O) groups excluding carboxylic acids is 1. The molecule has 1 atom stereocenters. The Balaban J connectivity index is 1.80. The number of nitrogens with zero attached hydrogens (tertiary/aromatic N) is 3. The number of fused-ring (bicyclic) bond motifs is 1. The van der Waals surface area contributed by atoms with E-state index in [0.29, 0.717) is 5.56 Å². The smallest absolute Gasteiger partial charge is 0.338 e. The number of carbonyl (C=O) groups is 1. The summed E-state index contributed by atoms with van der Waals surface area (Å²) in [7, 11) is 0.